The Bertz CT molecular complexity index is 1190. The van der Waals surface area contributed by atoms with Crippen LogP contribution in [-0.4, -0.2) is 58.5 Å². The van der Waals surface area contributed by atoms with Crippen LogP contribution in [0.1, 0.15) is 27.9 Å². The summed E-state index contributed by atoms with van der Waals surface area (Å²) in [7, 11) is 0. The van der Waals surface area contributed by atoms with Gasteiger partial charge in [-0.15, -0.1) is 10.2 Å². The third kappa shape index (κ3) is 4.65. The summed E-state index contributed by atoms with van der Waals surface area (Å²) in [6.07, 6.45) is 1.10. The van der Waals surface area contributed by atoms with E-state index in [2.05, 4.69) is 39.5 Å². The lowest BCUT2D eigenvalue weighted by molar-refractivity contribution is -0.116. The minimum Gasteiger partial charge on any atom is -0.378 e. The molecule has 8 nitrogen and oxygen atoms in total. The van der Waals surface area contributed by atoms with Crippen LogP contribution in [0.2, 0.25) is 0 Å². The molecule has 1 fully saturated rings. The summed E-state index contributed by atoms with van der Waals surface area (Å²) in [6, 6.07) is 13.7. The van der Waals surface area contributed by atoms with Gasteiger partial charge in [0.05, 0.1) is 24.7 Å². The number of thioether (sulfide) groups is 1. The second kappa shape index (κ2) is 9.36. The molecular formula is C24H25N5O3S. The molecule has 0 bridgehead atoms. The quantitative estimate of drug-likeness (QED) is 0.443. The van der Waals surface area contributed by atoms with Crippen LogP contribution < -0.4 is 10.2 Å². The van der Waals surface area contributed by atoms with Gasteiger partial charge in [0, 0.05) is 30.8 Å². The molecule has 3 heterocycles. The number of ketones is 1. The smallest absolute Gasteiger partial charge is 0.232 e. The van der Waals surface area contributed by atoms with E-state index in [1.54, 1.807) is 6.07 Å². The standard InChI is InChI=1S/C24H25N5O3S/c1-16-2-6-19(7-3-16)29-23(28-10-12-32-13-11-28)26-27-24(29)33-15-21(30)18-4-8-20-17(14-18)5-9-22(31)25-20/h2-4,6-8,14H,5,9-13,15H2,1H3,(H,25,31). The number of hydrogen-bond donors (Lipinski definition) is 1. The van der Waals surface area contributed by atoms with E-state index in [1.165, 1.54) is 17.3 Å². The molecule has 1 aromatic heterocycles. The Labute approximate surface area is 196 Å². The Balaban J connectivity index is 1.38. The van der Waals surface area contributed by atoms with Crippen LogP contribution in [0.4, 0.5) is 11.6 Å². The minimum atomic E-state index is 0.0173. The van der Waals surface area contributed by atoms with Crippen molar-refractivity contribution < 1.29 is 14.3 Å². The molecule has 0 aliphatic carbocycles. The second-order valence-electron chi connectivity index (χ2n) is 8.18. The van der Waals surface area contributed by atoms with Crippen molar-refractivity contribution in [2.45, 2.75) is 24.9 Å². The van der Waals surface area contributed by atoms with Crippen molar-refractivity contribution in [2.24, 2.45) is 0 Å². The highest BCUT2D eigenvalue weighted by atomic mass is 32.2. The van der Waals surface area contributed by atoms with Gasteiger partial charge in [0.2, 0.25) is 11.9 Å². The number of carbonyl (C=O) groups is 2. The number of nitrogens with zero attached hydrogens (tertiary/aromatic N) is 4. The van der Waals surface area contributed by atoms with E-state index < -0.39 is 0 Å². The number of morpholine rings is 1. The molecule has 0 unspecified atom stereocenters. The third-order valence-corrected chi connectivity index (χ3v) is 6.79. The van der Waals surface area contributed by atoms with Crippen LogP contribution in [0.25, 0.3) is 5.69 Å². The van der Waals surface area contributed by atoms with Crippen molar-refractivity contribution in [2.75, 3.05) is 42.3 Å². The molecule has 0 saturated carbocycles. The molecule has 0 spiro atoms. The van der Waals surface area contributed by atoms with Crippen LogP contribution in [0.3, 0.4) is 0 Å². The SMILES string of the molecule is Cc1ccc(-n2c(SCC(=O)c3ccc4c(c3)CCC(=O)N4)nnc2N2CCOCC2)cc1. The van der Waals surface area contributed by atoms with Gasteiger partial charge in [0.25, 0.3) is 0 Å². The molecule has 3 aromatic rings. The van der Waals surface area contributed by atoms with Crippen LogP contribution in [0.5, 0.6) is 0 Å². The van der Waals surface area contributed by atoms with Gasteiger partial charge in [-0.25, -0.2) is 0 Å². The van der Waals surface area contributed by atoms with Gasteiger partial charge in [-0.2, -0.15) is 0 Å². The van der Waals surface area contributed by atoms with Crippen LogP contribution in [-0.2, 0) is 16.0 Å². The van der Waals surface area contributed by atoms with Gasteiger partial charge < -0.3 is 15.0 Å². The maximum absolute atomic E-state index is 13.0. The van der Waals surface area contributed by atoms with E-state index >= 15 is 0 Å². The van der Waals surface area contributed by atoms with Crippen LogP contribution in [0, 0.1) is 6.92 Å². The summed E-state index contributed by atoms with van der Waals surface area (Å²) in [5.41, 5.74) is 4.58. The number of carbonyl (C=O) groups excluding carboxylic acids is 2. The molecule has 33 heavy (non-hydrogen) atoms. The fourth-order valence-electron chi connectivity index (χ4n) is 4.01. The number of aryl methyl sites for hydroxylation is 2. The lowest BCUT2D eigenvalue weighted by Crippen LogP contribution is -2.37. The maximum atomic E-state index is 13.0. The molecule has 1 N–H and O–H groups in total. The zero-order chi connectivity index (χ0) is 22.8. The third-order valence-electron chi connectivity index (χ3n) is 5.86. The number of Topliss-reactive ketones (excluding diaryl/α,β-unsaturated/α-hetero) is 1. The molecule has 1 amide bonds. The van der Waals surface area contributed by atoms with E-state index in [-0.39, 0.29) is 17.4 Å². The van der Waals surface area contributed by atoms with Crippen molar-refractivity contribution in [3.63, 3.8) is 0 Å². The lowest BCUT2D eigenvalue weighted by Gasteiger charge is -2.28. The predicted octanol–water partition coefficient (Wildman–Crippen LogP) is 3.27. The first kappa shape index (κ1) is 21.7. The number of rotatable bonds is 6. The summed E-state index contributed by atoms with van der Waals surface area (Å²) < 4.78 is 7.51. The van der Waals surface area contributed by atoms with E-state index in [0.29, 0.717) is 36.8 Å². The number of amides is 1. The van der Waals surface area contributed by atoms with Gasteiger partial charge in [0.1, 0.15) is 0 Å². The Morgan fingerprint density at radius 1 is 1.09 bits per heavy atom. The molecule has 9 heteroatoms. The average Bonchev–Trinajstić information content (AvgIpc) is 3.27. The van der Waals surface area contributed by atoms with Crippen molar-refractivity contribution in [1.29, 1.82) is 0 Å². The summed E-state index contributed by atoms with van der Waals surface area (Å²) in [5, 5.41) is 12.4. The van der Waals surface area contributed by atoms with Gasteiger partial charge in [-0.1, -0.05) is 29.5 Å². The molecule has 2 aliphatic rings. The zero-order valence-electron chi connectivity index (χ0n) is 18.4. The first-order valence-electron chi connectivity index (χ1n) is 11.0. The molecule has 2 aromatic carbocycles. The second-order valence-corrected chi connectivity index (χ2v) is 9.13. The van der Waals surface area contributed by atoms with Gasteiger partial charge in [-0.3, -0.25) is 14.2 Å². The monoisotopic (exact) mass is 463 g/mol. The predicted molar refractivity (Wildman–Crippen MR) is 128 cm³/mol. The molecular weight excluding hydrogens is 438 g/mol. The molecule has 0 atom stereocenters. The number of benzene rings is 2. The molecule has 2 aliphatic heterocycles. The van der Waals surface area contributed by atoms with Gasteiger partial charge in [-0.05, 0) is 49.2 Å². The fourth-order valence-corrected chi connectivity index (χ4v) is 4.86. The lowest BCUT2D eigenvalue weighted by atomic mass is 9.99. The van der Waals surface area contributed by atoms with Gasteiger partial charge >= 0.3 is 0 Å². The largest absolute Gasteiger partial charge is 0.378 e. The maximum Gasteiger partial charge on any atom is 0.232 e. The average molecular weight is 464 g/mol. The Kier molecular flexibility index (Phi) is 6.15. The van der Waals surface area contributed by atoms with Crippen molar-refractivity contribution in [3.8, 4) is 5.69 Å². The Morgan fingerprint density at radius 3 is 2.67 bits per heavy atom. The molecule has 1 saturated heterocycles. The number of fused-ring (bicyclic) bond motifs is 1. The highest BCUT2D eigenvalue weighted by molar-refractivity contribution is 7.99. The summed E-state index contributed by atoms with van der Waals surface area (Å²) in [5.74, 6) is 1.05. The highest BCUT2D eigenvalue weighted by Gasteiger charge is 2.23. The van der Waals surface area contributed by atoms with Crippen molar-refractivity contribution in [3.05, 3.63) is 59.2 Å². The Hall–Kier alpha value is -3.17. The number of anilines is 2. The van der Waals surface area contributed by atoms with E-state index in [1.807, 2.05) is 28.8 Å². The molecule has 5 rings (SSSR count). The Morgan fingerprint density at radius 2 is 1.88 bits per heavy atom. The number of nitrogens with one attached hydrogen (secondary N) is 1. The van der Waals surface area contributed by atoms with Crippen molar-refractivity contribution >= 4 is 35.1 Å². The molecule has 170 valence electrons. The van der Waals surface area contributed by atoms with Crippen molar-refractivity contribution in [1.82, 2.24) is 14.8 Å². The number of ether oxygens (including phenoxy) is 1. The highest BCUT2D eigenvalue weighted by Crippen LogP contribution is 2.29. The number of hydrogen-bond acceptors (Lipinski definition) is 7. The first-order valence-corrected chi connectivity index (χ1v) is 12.0. The van der Waals surface area contributed by atoms with E-state index in [4.69, 9.17) is 4.74 Å². The topological polar surface area (TPSA) is 89.3 Å². The summed E-state index contributed by atoms with van der Waals surface area (Å²) in [4.78, 5) is 26.7. The van der Waals surface area contributed by atoms with E-state index in [9.17, 15) is 9.59 Å². The minimum absolute atomic E-state index is 0.0173. The zero-order valence-corrected chi connectivity index (χ0v) is 19.2. The van der Waals surface area contributed by atoms with E-state index in [0.717, 1.165) is 36.0 Å². The van der Waals surface area contributed by atoms with Gasteiger partial charge in [0.15, 0.2) is 10.9 Å². The molecule has 0 radical (unpaired) electrons. The van der Waals surface area contributed by atoms with Crippen LogP contribution >= 0.6 is 11.8 Å². The number of aromatic nitrogens is 3. The summed E-state index contributed by atoms with van der Waals surface area (Å²) in [6.45, 7) is 4.86. The van der Waals surface area contributed by atoms with Crippen LogP contribution in [0.15, 0.2) is 47.6 Å². The summed E-state index contributed by atoms with van der Waals surface area (Å²) >= 11 is 1.38. The normalized spacial score (nSPS) is 15.8. The first-order chi connectivity index (χ1) is 16.1. The fraction of sp³-hybridized carbons (Fsp3) is 0.333.